The summed E-state index contributed by atoms with van der Waals surface area (Å²) < 4.78 is 11.2. The van der Waals surface area contributed by atoms with E-state index in [-0.39, 0.29) is 17.2 Å². The molecule has 176 valence electrons. The number of nitrogens with zero attached hydrogens (tertiary/aromatic N) is 1. The van der Waals surface area contributed by atoms with Gasteiger partial charge in [0.2, 0.25) is 0 Å². The van der Waals surface area contributed by atoms with Gasteiger partial charge in [0.1, 0.15) is 16.3 Å². The molecular weight excluding hydrogens is 476 g/mol. The SMILES string of the molecule is CCOC(=O)c1c(-c2ccc(Cl)cc2)csc1NC(=O)C1(C)Oc2ccc(C)cc2N(C)C1=O. The third-order valence-electron chi connectivity index (χ3n) is 5.59. The van der Waals surface area contributed by atoms with Gasteiger partial charge in [-0.1, -0.05) is 29.8 Å². The van der Waals surface area contributed by atoms with Gasteiger partial charge in [-0.15, -0.1) is 11.3 Å². The lowest BCUT2D eigenvalue weighted by atomic mass is 9.99. The minimum Gasteiger partial charge on any atom is -0.465 e. The first-order valence-corrected chi connectivity index (χ1v) is 11.8. The second-order valence-electron chi connectivity index (χ2n) is 8.01. The van der Waals surface area contributed by atoms with Crippen LogP contribution in [0.3, 0.4) is 0 Å². The maximum absolute atomic E-state index is 13.4. The summed E-state index contributed by atoms with van der Waals surface area (Å²) in [4.78, 5) is 40.8. The number of benzene rings is 2. The fourth-order valence-corrected chi connectivity index (χ4v) is 4.81. The normalized spacial score (nSPS) is 17.1. The van der Waals surface area contributed by atoms with Gasteiger partial charge in [-0.25, -0.2) is 4.79 Å². The van der Waals surface area contributed by atoms with Crippen LogP contribution in [0.15, 0.2) is 47.8 Å². The largest absolute Gasteiger partial charge is 0.465 e. The first-order chi connectivity index (χ1) is 16.2. The van der Waals surface area contributed by atoms with Crippen molar-refractivity contribution < 1.29 is 23.9 Å². The number of aryl methyl sites for hydroxylation is 1. The topological polar surface area (TPSA) is 84.9 Å². The molecule has 1 atom stereocenters. The Kier molecular flexibility index (Phi) is 6.38. The van der Waals surface area contributed by atoms with Crippen LogP contribution in [0.2, 0.25) is 5.02 Å². The van der Waals surface area contributed by atoms with Crippen molar-refractivity contribution in [3.8, 4) is 16.9 Å². The summed E-state index contributed by atoms with van der Waals surface area (Å²) in [7, 11) is 1.60. The number of fused-ring (bicyclic) bond motifs is 1. The van der Waals surface area contributed by atoms with Crippen molar-refractivity contribution in [1.82, 2.24) is 0 Å². The quantitative estimate of drug-likeness (QED) is 0.381. The summed E-state index contributed by atoms with van der Waals surface area (Å²) in [5.41, 5.74) is 1.26. The lowest BCUT2D eigenvalue weighted by molar-refractivity contribution is -0.144. The van der Waals surface area contributed by atoms with Crippen molar-refractivity contribution in [1.29, 1.82) is 0 Å². The number of amides is 2. The van der Waals surface area contributed by atoms with Crippen LogP contribution in [0.5, 0.6) is 5.75 Å². The summed E-state index contributed by atoms with van der Waals surface area (Å²) >= 11 is 7.16. The number of nitrogens with one attached hydrogen (secondary N) is 1. The van der Waals surface area contributed by atoms with Crippen molar-refractivity contribution >= 4 is 51.4 Å². The predicted octanol–water partition coefficient (Wildman–Crippen LogP) is 5.31. The number of rotatable bonds is 5. The molecule has 34 heavy (non-hydrogen) atoms. The lowest BCUT2D eigenvalue weighted by Gasteiger charge is -2.38. The van der Waals surface area contributed by atoms with E-state index in [9.17, 15) is 14.4 Å². The van der Waals surface area contributed by atoms with Crippen LogP contribution < -0.4 is 15.0 Å². The molecule has 1 unspecified atom stereocenters. The van der Waals surface area contributed by atoms with Gasteiger partial charge in [0.05, 0.1) is 12.3 Å². The summed E-state index contributed by atoms with van der Waals surface area (Å²) in [6.07, 6.45) is 0. The van der Waals surface area contributed by atoms with Crippen LogP contribution in [-0.4, -0.2) is 37.0 Å². The molecule has 0 radical (unpaired) electrons. The van der Waals surface area contributed by atoms with Crippen LogP contribution in [0.1, 0.15) is 29.8 Å². The number of halogens is 1. The van der Waals surface area contributed by atoms with Gasteiger partial charge >= 0.3 is 5.97 Å². The molecule has 0 saturated heterocycles. The summed E-state index contributed by atoms with van der Waals surface area (Å²) in [5, 5.41) is 5.31. The molecule has 1 aliphatic rings. The van der Waals surface area contributed by atoms with E-state index in [0.717, 1.165) is 22.5 Å². The molecule has 0 saturated carbocycles. The molecule has 1 aliphatic heterocycles. The molecule has 2 heterocycles. The highest BCUT2D eigenvalue weighted by Crippen LogP contribution is 2.40. The third-order valence-corrected chi connectivity index (χ3v) is 6.74. The van der Waals surface area contributed by atoms with E-state index in [0.29, 0.717) is 22.0 Å². The average molecular weight is 499 g/mol. The number of carbonyl (C=O) groups is 3. The molecule has 4 rings (SSSR count). The molecule has 0 aliphatic carbocycles. The van der Waals surface area contributed by atoms with E-state index in [2.05, 4.69) is 5.32 Å². The molecule has 1 aromatic heterocycles. The highest BCUT2D eigenvalue weighted by Gasteiger charge is 2.50. The molecule has 0 spiro atoms. The zero-order valence-electron chi connectivity index (χ0n) is 19.1. The van der Waals surface area contributed by atoms with Gasteiger partial charge in [-0.2, -0.15) is 0 Å². The van der Waals surface area contributed by atoms with E-state index in [1.54, 1.807) is 49.7 Å². The van der Waals surface area contributed by atoms with Crippen molar-refractivity contribution in [2.75, 3.05) is 23.9 Å². The van der Waals surface area contributed by atoms with Gasteiger partial charge in [0, 0.05) is 23.0 Å². The average Bonchev–Trinajstić information content (AvgIpc) is 3.22. The highest BCUT2D eigenvalue weighted by atomic mass is 35.5. The third kappa shape index (κ3) is 4.15. The van der Waals surface area contributed by atoms with E-state index in [1.165, 1.54) is 11.8 Å². The van der Waals surface area contributed by atoms with E-state index >= 15 is 0 Å². The van der Waals surface area contributed by atoms with Gasteiger partial charge in [-0.3, -0.25) is 9.59 Å². The lowest BCUT2D eigenvalue weighted by Crippen LogP contribution is -2.59. The second-order valence-corrected chi connectivity index (χ2v) is 9.32. The molecule has 0 fully saturated rings. The predicted molar refractivity (Wildman–Crippen MR) is 133 cm³/mol. The Balaban J connectivity index is 1.70. The Hall–Kier alpha value is -3.36. The maximum Gasteiger partial charge on any atom is 0.341 e. The molecule has 2 amide bonds. The molecule has 9 heteroatoms. The highest BCUT2D eigenvalue weighted by molar-refractivity contribution is 7.15. The molecule has 1 N–H and O–H groups in total. The van der Waals surface area contributed by atoms with E-state index in [4.69, 9.17) is 21.1 Å². The zero-order chi connectivity index (χ0) is 24.6. The van der Waals surface area contributed by atoms with Crippen LogP contribution >= 0.6 is 22.9 Å². The number of ether oxygens (including phenoxy) is 2. The van der Waals surface area contributed by atoms with Gasteiger partial charge in [-0.05, 0) is 56.2 Å². The number of carbonyl (C=O) groups excluding carboxylic acids is 3. The number of hydrogen-bond acceptors (Lipinski definition) is 6. The summed E-state index contributed by atoms with van der Waals surface area (Å²) in [6.45, 7) is 5.20. The number of thiophene rings is 1. The molecule has 7 nitrogen and oxygen atoms in total. The number of esters is 1. The Morgan fingerprint density at radius 1 is 1.21 bits per heavy atom. The minimum atomic E-state index is -1.83. The van der Waals surface area contributed by atoms with Gasteiger partial charge in [0.25, 0.3) is 17.4 Å². The standard InChI is InChI=1S/C25H23ClN2O5S/c1-5-32-22(29)20-17(15-7-9-16(26)10-8-15)13-34-21(20)27-23(30)25(3)24(31)28(4)18-12-14(2)6-11-19(18)33-25/h6-13H,5H2,1-4H3,(H,27,30). The Morgan fingerprint density at radius 2 is 1.91 bits per heavy atom. The Morgan fingerprint density at radius 3 is 2.59 bits per heavy atom. The first-order valence-electron chi connectivity index (χ1n) is 10.6. The number of anilines is 2. The zero-order valence-corrected chi connectivity index (χ0v) is 20.7. The summed E-state index contributed by atoms with van der Waals surface area (Å²) in [5.74, 6) is -1.37. The Bertz CT molecular complexity index is 1290. The van der Waals surface area contributed by atoms with Crippen molar-refractivity contribution in [3.63, 3.8) is 0 Å². The van der Waals surface area contributed by atoms with Crippen LogP contribution in [0.4, 0.5) is 10.7 Å². The molecular formula is C25H23ClN2O5S. The Labute approximate surface area is 206 Å². The fourth-order valence-electron chi connectivity index (χ4n) is 3.73. The van der Waals surface area contributed by atoms with Gasteiger partial charge in [0.15, 0.2) is 0 Å². The summed E-state index contributed by atoms with van der Waals surface area (Å²) in [6, 6.07) is 12.4. The minimum absolute atomic E-state index is 0.169. The van der Waals surface area contributed by atoms with Crippen molar-refractivity contribution in [2.24, 2.45) is 0 Å². The maximum atomic E-state index is 13.4. The monoisotopic (exact) mass is 498 g/mol. The van der Waals surface area contributed by atoms with Crippen molar-refractivity contribution in [3.05, 3.63) is 64.0 Å². The molecule has 2 aromatic carbocycles. The number of likely N-dealkylation sites (N-methyl/N-ethyl adjacent to an activating group) is 1. The number of hydrogen-bond donors (Lipinski definition) is 1. The fraction of sp³-hybridized carbons (Fsp3) is 0.240. The van der Waals surface area contributed by atoms with Crippen LogP contribution in [-0.2, 0) is 14.3 Å². The van der Waals surface area contributed by atoms with Gasteiger partial charge < -0.3 is 19.7 Å². The van der Waals surface area contributed by atoms with E-state index in [1.807, 2.05) is 19.1 Å². The first kappa shape index (κ1) is 23.8. The molecule has 3 aromatic rings. The van der Waals surface area contributed by atoms with Crippen molar-refractivity contribution in [2.45, 2.75) is 26.4 Å². The smallest absolute Gasteiger partial charge is 0.341 e. The van der Waals surface area contributed by atoms with E-state index < -0.39 is 23.4 Å². The van der Waals surface area contributed by atoms with Crippen LogP contribution in [0, 0.1) is 6.92 Å². The second kappa shape index (κ2) is 9.12. The van der Waals surface area contributed by atoms with Crippen LogP contribution in [0.25, 0.3) is 11.1 Å². The molecule has 0 bridgehead atoms.